The summed E-state index contributed by atoms with van der Waals surface area (Å²) in [6, 6.07) is 9.34. The van der Waals surface area contributed by atoms with E-state index in [9.17, 15) is 10.2 Å². The van der Waals surface area contributed by atoms with Gasteiger partial charge in [0.1, 0.15) is 0 Å². The summed E-state index contributed by atoms with van der Waals surface area (Å²) in [5, 5.41) is 24.0. The summed E-state index contributed by atoms with van der Waals surface area (Å²) in [7, 11) is 0. The molecule has 37 heavy (non-hydrogen) atoms. The number of rotatable bonds is 2. The Bertz CT molecular complexity index is 1120. The molecular weight excluding hydrogens is 460 g/mol. The molecule has 2 N–H and O–H groups in total. The first-order valence-electron chi connectivity index (χ1n) is 15.0. The molecule has 1 aromatic rings. The topological polar surface area (TPSA) is 58.9 Å². The van der Waals surface area contributed by atoms with Crippen LogP contribution in [0.1, 0.15) is 115 Å². The van der Waals surface area contributed by atoms with Gasteiger partial charge in [0.25, 0.3) is 0 Å². The van der Waals surface area contributed by atoms with Gasteiger partial charge in [0.2, 0.25) is 0 Å². The van der Waals surface area contributed by atoms with Crippen molar-refractivity contribution in [1.82, 2.24) is 0 Å². The third kappa shape index (κ3) is 3.76. The van der Waals surface area contributed by atoms with Gasteiger partial charge >= 0.3 is 0 Å². The first kappa shape index (κ1) is 24.8. The first-order chi connectivity index (χ1) is 17.4. The summed E-state index contributed by atoms with van der Waals surface area (Å²) >= 11 is 0. The van der Waals surface area contributed by atoms with Gasteiger partial charge in [-0.25, -0.2) is 0 Å². The van der Waals surface area contributed by atoms with Gasteiger partial charge in [-0.05, 0) is 92.7 Å². The van der Waals surface area contributed by atoms with Crippen LogP contribution in [-0.4, -0.2) is 40.4 Å². The fraction of sp³-hybridized carbons (Fsp3) is 0.758. The molecule has 5 aliphatic carbocycles. The summed E-state index contributed by atoms with van der Waals surface area (Å²) in [5.74, 6) is 1.26. The van der Waals surface area contributed by atoms with Gasteiger partial charge < -0.3 is 19.7 Å². The quantitative estimate of drug-likeness (QED) is 0.443. The fourth-order valence-corrected chi connectivity index (χ4v) is 9.22. The zero-order chi connectivity index (χ0) is 25.8. The zero-order valence-corrected chi connectivity index (χ0v) is 23.3. The maximum absolute atomic E-state index is 12.3. The van der Waals surface area contributed by atoms with Crippen LogP contribution in [0.2, 0.25) is 0 Å². The van der Waals surface area contributed by atoms with E-state index in [-0.39, 0.29) is 16.7 Å². The largest absolute Gasteiger partial charge is 0.390 e. The number of benzene rings is 1. The minimum absolute atomic E-state index is 0.0230. The Morgan fingerprint density at radius 2 is 1.59 bits per heavy atom. The maximum atomic E-state index is 12.3. The molecule has 4 heteroatoms. The predicted octanol–water partition coefficient (Wildman–Crippen LogP) is 6.61. The van der Waals surface area contributed by atoms with Crippen LogP contribution >= 0.6 is 0 Å². The molecule has 4 saturated carbocycles. The van der Waals surface area contributed by atoms with Gasteiger partial charge in [-0.2, -0.15) is 0 Å². The molecule has 1 heterocycles. The molecule has 202 valence electrons. The van der Waals surface area contributed by atoms with Crippen molar-refractivity contribution in [2.75, 3.05) is 13.2 Å². The lowest BCUT2D eigenvalue weighted by atomic mass is 9.50. The van der Waals surface area contributed by atoms with Crippen LogP contribution in [0, 0.1) is 22.7 Å². The molecule has 4 nitrogen and oxygen atoms in total. The molecule has 0 amide bonds. The van der Waals surface area contributed by atoms with E-state index in [4.69, 9.17) is 9.47 Å². The second-order valence-corrected chi connectivity index (χ2v) is 15.0. The van der Waals surface area contributed by atoms with Crippen LogP contribution in [-0.2, 0) is 9.47 Å². The van der Waals surface area contributed by atoms with E-state index in [1.54, 1.807) is 0 Å². The number of hydrogen-bond acceptors (Lipinski definition) is 4. The summed E-state index contributed by atoms with van der Waals surface area (Å²) < 4.78 is 12.8. The molecule has 0 aromatic heterocycles. The molecule has 6 aliphatic rings. The van der Waals surface area contributed by atoms with E-state index in [0.717, 1.165) is 50.9 Å². The zero-order valence-electron chi connectivity index (χ0n) is 23.3. The standard InChI is InChI=1S/C33H46O4/c1-29(2)19-36-33(37-20-29)15-12-27-28-24(10-14-32(27,35)18-33)26-11-13-31(4,34)30(26,3)17-25(28)23-7-5-6-22(16-23)21-8-9-21/h5-7,16,21,24-26,34-35H,8-15,17-20H2,1-4H3/t24?,25-,26?,30?,31?,32?/m1/s1. The van der Waals surface area contributed by atoms with Crippen LogP contribution < -0.4 is 0 Å². The van der Waals surface area contributed by atoms with Crippen molar-refractivity contribution in [3.8, 4) is 0 Å². The second-order valence-electron chi connectivity index (χ2n) is 15.0. The van der Waals surface area contributed by atoms with Crippen LogP contribution in [0.5, 0.6) is 0 Å². The average molecular weight is 507 g/mol. The SMILES string of the molecule is CC1(C)COC2(CCC3=C4C(CCC3(O)C2)C2CCC(C)(O)C2(C)C[C@@H]4c2cccc(C3CC3)c2)OC1. The van der Waals surface area contributed by atoms with E-state index in [1.165, 1.54) is 35.1 Å². The van der Waals surface area contributed by atoms with Crippen molar-refractivity contribution in [2.24, 2.45) is 22.7 Å². The lowest BCUT2D eigenvalue weighted by molar-refractivity contribution is -0.322. The fourth-order valence-electron chi connectivity index (χ4n) is 9.22. The molecule has 0 bridgehead atoms. The molecule has 5 unspecified atom stereocenters. The highest BCUT2D eigenvalue weighted by Crippen LogP contribution is 2.68. The Morgan fingerprint density at radius 1 is 0.865 bits per heavy atom. The minimum atomic E-state index is -0.854. The number of fused-ring (bicyclic) bond motifs is 4. The van der Waals surface area contributed by atoms with Gasteiger partial charge in [-0.3, -0.25) is 0 Å². The van der Waals surface area contributed by atoms with Crippen molar-refractivity contribution >= 4 is 0 Å². The predicted molar refractivity (Wildman–Crippen MR) is 144 cm³/mol. The lowest BCUT2D eigenvalue weighted by Crippen LogP contribution is -2.58. The highest BCUT2D eigenvalue weighted by molar-refractivity contribution is 5.45. The molecule has 0 radical (unpaired) electrons. The monoisotopic (exact) mass is 506 g/mol. The van der Waals surface area contributed by atoms with Gasteiger partial charge in [0, 0.05) is 29.6 Å². The minimum Gasteiger partial charge on any atom is -0.390 e. The van der Waals surface area contributed by atoms with Crippen LogP contribution in [0.25, 0.3) is 0 Å². The average Bonchev–Trinajstić information content (AvgIpc) is 3.67. The van der Waals surface area contributed by atoms with E-state index < -0.39 is 17.0 Å². The normalized spacial score (nSPS) is 44.3. The van der Waals surface area contributed by atoms with E-state index >= 15 is 0 Å². The molecule has 1 aromatic carbocycles. The Balaban J connectivity index is 1.31. The number of allylic oxidation sites excluding steroid dienone is 1. The van der Waals surface area contributed by atoms with Crippen LogP contribution in [0.15, 0.2) is 35.4 Å². The van der Waals surface area contributed by atoms with E-state index in [0.29, 0.717) is 31.5 Å². The summed E-state index contributed by atoms with van der Waals surface area (Å²) in [4.78, 5) is 0. The van der Waals surface area contributed by atoms with Gasteiger partial charge in [0.15, 0.2) is 5.79 Å². The Morgan fingerprint density at radius 3 is 2.32 bits per heavy atom. The van der Waals surface area contributed by atoms with E-state index in [1.807, 2.05) is 0 Å². The Labute approximate surface area is 222 Å². The lowest BCUT2D eigenvalue weighted by Gasteiger charge is -2.58. The van der Waals surface area contributed by atoms with Crippen molar-refractivity contribution in [3.05, 3.63) is 46.5 Å². The molecule has 1 saturated heterocycles. The highest BCUT2D eigenvalue weighted by Gasteiger charge is 2.63. The Hall–Kier alpha value is -1.20. The number of hydrogen-bond donors (Lipinski definition) is 2. The summed E-state index contributed by atoms with van der Waals surface area (Å²) in [6.07, 6.45) is 9.54. The highest BCUT2D eigenvalue weighted by atomic mass is 16.7. The molecule has 1 spiro atoms. The maximum Gasteiger partial charge on any atom is 0.171 e. The molecule has 5 fully saturated rings. The number of ether oxygens (including phenoxy) is 2. The molecule has 7 rings (SSSR count). The van der Waals surface area contributed by atoms with Gasteiger partial charge in [-0.1, -0.05) is 50.6 Å². The van der Waals surface area contributed by atoms with E-state index in [2.05, 4.69) is 52.0 Å². The Kier molecular flexibility index (Phi) is 5.32. The molecule has 6 atom stereocenters. The van der Waals surface area contributed by atoms with Crippen LogP contribution in [0.4, 0.5) is 0 Å². The van der Waals surface area contributed by atoms with Crippen molar-refractivity contribution in [1.29, 1.82) is 0 Å². The second kappa shape index (κ2) is 7.93. The van der Waals surface area contributed by atoms with Crippen LogP contribution in [0.3, 0.4) is 0 Å². The summed E-state index contributed by atoms with van der Waals surface area (Å²) in [5.41, 5.74) is 4.12. The number of aliphatic hydroxyl groups is 2. The summed E-state index contributed by atoms with van der Waals surface area (Å²) in [6.45, 7) is 10.2. The third-order valence-electron chi connectivity index (χ3n) is 11.8. The van der Waals surface area contributed by atoms with Crippen molar-refractivity contribution < 1.29 is 19.7 Å². The molecular formula is C33H46O4. The van der Waals surface area contributed by atoms with Gasteiger partial charge in [-0.15, -0.1) is 0 Å². The van der Waals surface area contributed by atoms with Gasteiger partial charge in [0.05, 0.1) is 24.4 Å². The first-order valence-corrected chi connectivity index (χ1v) is 15.0. The smallest absolute Gasteiger partial charge is 0.171 e. The third-order valence-corrected chi connectivity index (χ3v) is 11.8. The van der Waals surface area contributed by atoms with Crippen molar-refractivity contribution in [2.45, 2.75) is 121 Å². The van der Waals surface area contributed by atoms with Crippen molar-refractivity contribution in [3.63, 3.8) is 0 Å². The molecule has 1 aliphatic heterocycles.